The lowest BCUT2D eigenvalue weighted by atomic mass is 10.1. The van der Waals surface area contributed by atoms with Crippen molar-refractivity contribution in [3.8, 4) is 11.4 Å². The highest BCUT2D eigenvalue weighted by atomic mass is 16.2. The standard InChI is InChI=1S/C24H27N7O3/c1-4-30-22-20(23(33)31(5-2)24(30)34)28-21(29-22)18-10-11-19(27-14-18)26-13-17-8-6-16(7-9-17)12-25-15(3)32/h6-11,14H,4-5,12-13H2,1-3H3,(H,25,32)(H,26,27)(H,28,29). The Labute approximate surface area is 195 Å². The first-order chi connectivity index (χ1) is 16.4. The number of nitrogens with one attached hydrogen (secondary N) is 3. The van der Waals surface area contributed by atoms with Crippen LogP contribution in [0.1, 0.15) is 31.9 Å². The molecule has 1 aromatic carbocycles. The van der Waals surface area contributed by atoms with Crippen molar-refractivity contribution in [1.82, 2.24) is 29.4 Å². The summed E-state index contributed by atoms with van der Waals surface area (Å²) in [5, 5.41) is 6.05. The maximum atomic E-state index is 12.7. The van der Waals surface area contributed by atoms with Gasteiger partial charge in [-0.1, -0.05) is 24.3 Å². The van der Waals surface area contributed by atoms with Gasteiger partial charge in [-0.2, -0.15) is 0 Å². The minimum atomic E-state index is -0.375. The number of benzene rings is 1. The number of anilines is 1. The fraction of sp³-hybridized carbons (Fsp3) is 0.292. The van der Waals surface area contributed by atoms with E-state index < -0.39 is 0 Å². The summed E-state index contributed by atoms with van der Waals surface area (Å²) in [7, 11) is 0. The SMILES string of the molecule is CCn1c(=O)c2[nH]c(-c3ccc(NCc4ccc(CNC(C)=O)cc4)nc3)nc2n(CC)c1=O. The monoisotopic (exact) mass is 461 g/mol. The van der Waals surface area contributed by atoms with Crippen molar-refractivity contribution in [2.75, 3.05) is 5.32 Å². The third-order valence-corrected chi connectivity index (χ3v) is 5.57. The molecule has 10 nitrogen and oxygen atoms in total. The summed E-state index contributed by atoms with van der Waals surface area (Å²) < 4.78 is 2.69. The first kappa shape index (κ1) is 23.0. The van der Waals surface area contributed by atoms with Crippen molar-refractivity contribution in [2.45, 2.75) is 47.0 Å². The van der Waals surface area contributed by atoms with E-state index in [1.54, 1.807) is 13.1 Å². The molecule has 0 atom stereocenters. The van der Waals surface area contributed by atoms with E-state index in [1.807, 2.05) is 43.3 Å². The molecule has 1 amide bonds. The zero-order valence-corrected chi connectivity index (χ0v) is 19.4. The van der Waals surface area contributed by atoms with Gasteiger partial charge >= 0.3 is 5.69 Å². The number of nitrogens with zero attached hydrogens (tertiary/aromatic N) is 4. The highest BCUT2D eigenvalue weighted by Gasteiger charge is 2.16. The lowest BCUT2D eigenvalue weighted by Gasteiger charge is -2.08. The molecule has 4 rings (SSSR count). The summed E-state index contributed by atoms with van der Waals surface area (Å²) in [5.41, 5.74) is 2.75. The van der Waals surface area contributed by atoms with Crippen LogP contribution in [0.4, 0.5) is 5.82 Å². The van der Waals surface area contributed by atoms with Crippen LogP contribution in [-0.2, 0) is 31.0 Å². The van der Waals surface area contributed by atoms with Gasteiger partial charge in [-0.25, -0.2) is 14.8 Å². The number of hydrogen-bond donors (Lipinski definition) is 3. The number of H-pyrrole nitrogens is 1. The summed E-state index contributed by atoms with van der Waals surface area (Å²) in [4.78, 5) is 48.3. The first-order valence-electron chi connectivity index (χ1n) is 11.2. The number of rotatable bonds is 8. The van der Waals surface area contributed by atoms with Crippen LogP contribution in [0.2, 0.25) is 0 Å². The molecular weight excluding hydrogens is 434 g/mol. The van der Waals surface area contributed by atoms with Crippen molar-refractivity contribution in [2.24, 2.45) is 0 Å². The summed E-state index contributed by atoms with van der Waals surface area (Å²) in [6.07, 6.45) is 1.67. The number of aryl methyl sites for hydroxylation is 1. The molecule has 4 aromatic rings. The van der Waals surface area contributed by atoms with Crippen LogP contribution in [0.3, 0.4) is 0 Å². The van der Waals surface area contributed by atoms with E-state index in [1.165, 1.54) is 16.1 Å². The molecule has 0 aliphatic heterocycles. The number of carbonyl (C=O) groups excluding carboxylic acids is 1. The Bertz CT molecular complexity index is 1430. The van der Waals surface area contributed by atoms with E-state index in [2.05, 4.69) is 25.6 Å². The van der Waals surface area contributed by atoms with Crippen LogP contribution in [-0.4, -0.2) is 30.0 Å². The van der Waals surface area contributed by atoms with Gasteiger partial charge in [0.15, 0.2) is 5.65 Å². The molecule has 0 fully saturated rings. The van der Waals surface area contributed by atoms with Gasteiger partial charge in [0, 0.05) is 44.9 Å². The molecule has 0 aliphatic rings. The van der Waals surface area contributed by atoms with Gasteiger partial charge in [-0.05, 0) is 37.1 Å². The molecule has 3 N–H and O–H groups in total. The molecule has 0 unspecified atom stereocenters. The molecule has 0 bridgehead atoms. The zero-order valence-electron chi connectivity index (χ0n) is 19.4. The number of aromatic amines is 1. The number of pyridine rings is 1. The Balaban J connectivity index is 1.49. The predicted octanol–water partition coefficient (Wildman–Crippen LogP) is 2.24. The van der Waals surface area contributed by atoms with Gasteiger partial charge in [0.1, 0.15) is 17.2 Å². The second kappa shape index (κ2) is 9.74. The number of amides is 1. The maximum absolute atomic E-state index is 12.7. The fourth-order valence-electron chi connectivity index (χ4n) is 3.70. The van der Waals surface area contributed by atoms with Crippen LogP contribution >= 0.6 is 0 Å². The molecule has 0 aliphatic carbocycles. The Kier molecular flexibility index (Phi) is 6.58. The summed E-state index contributed by atoms with van der Waals surface area (Å²) in [6.45, 7) is 6.92. The number of aromatic nitrogens is 5. The van der Waals surface area contributed by atoms with E-state index in [4.69, 9.17) is 0 Å². The van der Waals surface area contributed by atoms with Crippen LogP contribution < -0.4 is 21.9 Å². The molecule has 3 heterocycles. The highest BCUT2D eigenvalue weighted by Crippen LogP contribution is 2.19. The number of hydrogen-bond acceptors (Lipinski definition) is 6. The third kappa shape index (κ3) is 4.61. The fourth-order valence-corrected chi connectivity index (χ4v) is 3.70. The third-order valence-electron chi connectivity index (χ3n) is 5.57. The second-order valence-corrected chi connectivity index (χ2v) is 7.87. The topological polar surface area (TPSA) is 127 Å². The Morgan fingerprint density at radius 2 is 1.65 bits per heavy atom. The molecule has 34 heavy (non-hydrogen) atoms. The second-order valence-electron chi connectivity index (χ2n) is 7.87. The molecular formula is C24H27N7O3. The van der Waals surface area contributed by atoms with E-state index in [0.717, 1.165) is 11.1 Å². The van der Waals surface area contributed by atoms with Crippen molar-refractivity contribution >= 4 is 22.9 Å². The highest BCUT2D eigenvalue weighted by molar-refractivity contribution is 5.75. The summed E-state index contributed by atoms with van der Waals surface area (Å²) in [6, 6.07) is 11.7. The van der Waals surface area contributed by atoms with E-state index in [9.17, 15) is 14.4 Å². The maximum Gasteiger partial charge on any atom is 0.332 e. The Morgan fingerprint density at radius 1 is 0.971 bits per heavy atom. The molecule has 3 aromatic heterocycles. The largest absolute Gasteiger partial charge is 0.366 e. The molecule has 10 heteroatoms. The summed E-state index contributed by atoms with van der Waals surface area (Å²) in [5.74, 6) is 1.12. The lowest BCUT2D eigenvalue weighted by molar-refractivity contribution is -0.119. The predicted molar refractivity (Wildman–Crippen MR) is 130 cm³/mol. The van der Waals surface area contributed by atoms with Gasteiger partial charge in [0.2, 0.25) is 5.91 Å². The van der Waals surface area contributed by atoms with Gasteiger partial charge in [0.25, 0.3) is 5.56 Å². The Morgan fingerprint density at radius 3 is 2.24 bits per heavy atom. The number of fused-ring (bicyclic) bond motifs is 1. The quantitative estimate of drug-likeness (QED) is 0.369. The molecule has 176 valence electrons. The average Bonchev–Trinajstić information content (AvgIpc) is 3.28. The van der Waals surface area contributed by atoms with Crippen LogP contribution in [0.25, 0.3) is 22.6 Å². The summed E-state index contributed by atoms with van der Waals surface area (Å²) >= 11 is 0. The van der Waals surface area contributed by atoms with Crippen molar-refractivity contribution in [1.29, 1.82) is 0 Å². The molecule has 0 spiro atoms. The van der Waals surface area contributed by atoms with Crippen LogP contribution in [0, 0.1) is 0 Å². The van der Waals surface area contributed by atoms with Crippen molar-refractivity contribution < 1.29 is 4.79 Å². The van der Waals surface area contributed by atoms with Crippen molar-refractivity contribution in [3.05, 3.63) is 74.6 Å². The lowest BCUT2D eigenvalue weighted by Crippen LogP contribution is -2.39. The molecule has 0 saturated heterocycles. The average molecular weight is 462 g/mol. The van der Waals surface area contributed by atoms with E-state index >= 15 is 0 Å². The van der Waals surface area contributed by atoms with E-state index in [0.29, 0.717) is 54.5 Å². The van der Waals surface area contributed by atoms with Crippen LogP contribution in [0.15, 0.2) is 52.2 Å². The Hall–Kier alpha value is -4.21. The first-order valence-corrected chi connectivity index (χ1v) is 11.2. The van der Waals surface area contributed by atoms with Gasteiger partial charge in [-0.3, -0.25) is 18.7 Å². The van der Waals surface area contributed by atoms with Crippen molar-refractivity contribution in [3.63, 3.8) is 0 Å². The smallest absolute Gasteiger partial charge is 0.332 e. The van der Waals surface area contributed by atoms with Gasteiger partial charge < -0.3 is 15.6 Å². The minimum absolute atomic E-state index is 0.0549. The van der Waals surface area contributed by atoms with E-state index in [-0.39, 0.29) is 17.2 Å². The normalized spacial score (nSPS) is 11.0. The van der Waals surface area contributed by atoms with Gasteiger partial charge in [-0.15, -0.1) is 0 Å². The number of carbonyl (C=O) groups is 1. The minimum Gasteiger partial charge on any atom is -0.366 e. The molecule has 0 saturated carbocycles. The number of imidazole rings is 1. The molecule has 0 radical (unpaired) electrons. The van der Waals surface area contributed by atoms with Gasteiger partial charge in [0.05, 0.1) is 0 Å². The van der Waals surface area contributed by atoms with Crippen LogP contribution in [0.5, 0.6) is 0 Å². The zero-order chi connectivity index (χ0) is 24.2.